The third kappa shape index (κ3) is 5.93. The topological polar surface area (TPSA) is 97.0 Å². The summed E-state index contributed by atoms with van der Waals surface area (Å²) < 4.78 is 11.6. The molecule has 2 atom stereocenters. The normalized spacial score (nSPS) is 18.3. The second-order valence-corrected chi connectivity index (χ2v) is 9.00. The maximum absolute atomic E-state index is 13.1. The lowest BCUT2D eigenvalue weighted by Gasteiger charge is -2.22. The van der Waals surface area contributed by atoms with Crippen molar-refractivity contribution in [3.8, 4) is 11.5 Å². The predicted octanol–water partition coefficient (Wildman–Crippen LogP) is 4.22. The summed E-state index contributed by atoms with van der Waals surface area (Å²) in [6, 6.07) is 12.0. The first kappa shape index (κ1) is 26.1. The molecule has 2 unspecified atom stereocenters. The molecule has 2 N–H and O–H groups in total. The van der Waals surface area contributed by atoms with Gasteiger partial charge in [0.2, 0.25) is 5.91 Å². The van der Waals surface area contributed by atoms with Gasteiger partial charge in [-0.1, -0.05) is 49.7 Å². The Morgan fingerprint density at radius 3 is 2.29 bits per heavy atom. The standard InChI is InChI=1S/C27H35N3O5/c1-6-14-34-22-13-10-20(16-23(22)35-15-7-2)19(4)28-24(31)17-30-25(32)27(5,29-26(30)33)21-11-8-18(3)9-12-21/h8-13,16,19H,6-7,14-15,17H2,1-5H3,(H,28,31)(H,29,33). The Balaban J connectivity index is 1.68. The Labute approximate surface area is 207 Å². The first-order chi connectivity index (χ1) is 16.7. The van der Waals surface area contributed by atoms with Crippen LogP contribution in [-0.2, 0) is 15.1 Å². The molecule has 1 fully saturated rings. The smallest absolute Gasteiger partial charge is 0.325 e. The number of nitrogens with one attached hydrogen (secondary N) is 2. The third-order valence-corrected chi connectivity index (χ3v) is 5.97. The highest BCUT2D eigenvalue weighted by molar-refractivity contribution is 6.09. The lowest BCUT2D eigenvalue weighted by molar-refractivity contribution is -0.135. The molecule has 8 nitrogen and oxygen atoms in total. The zero-order valence-electron chi connectivity index (χ0n) is 21.1. The van der Waals surface area contributed by atoms with Crippen molar-refractivity contribution in [3.63, 3.8) is 0 Å². The Morgan fingerprint density at radius 1 is 1.03 bits per heavy atom. The molecule has 0 bridgehead atoms. The number of rotatable bonds is 11. The number of nitrogens with zero attached hydrogens (tertiary/aromatic N) is 1. The first-order valence-corrected chi connectivity index (χ1v) is 12.1. The van der Waals surface area contributed by atoms with Gasteiger partial charge in [0.15, 0.2) is 11.5 Å². The number of ether oxygens (including phenoxy) is 2. The van der Waals surface area contributed by atoms with E-state index < -0.39 is 23.4 Å². The maximum Gasteiger partial charge on any atom is 0.325 e. The van der Waals surface area contributed by atoms with Crippen LogP contribution in [0.2, 0.25) is 0 Å². The average molecular weight is 482 g/mol. The van der Waals surface area contributed by atoms with Gasteiger partial charge in [0.1, 0.15) is 12.1 Å². The molecule has 1 heterocycles. The van der Waals surface area contributed by atoms with Crippen LogP contribution in [0, 0.1) is 6.92 Å². The molecule has 8 heteroatoms. The van der Waals surface area contributed by atoms with Gasteiger partial charge in [-0.2, -0.15) is 0 Å². The largest absolute Gasteiger partial charge is 0.490 e. The lowest BCUT2D eigenvalue weighted by atomic mass is 9.91. The van der Waals surface area contributed by atoms with Gasteiger partial charge in [-0.15, -0.1) is 0 Å². The summed E-state index contributed by atoms with van der Waals surface area (Å²) in [7, 11) is 0. The van der Waals surface area contributed by atoms with E-state index in [1.165, 1.54) is 0 Å². The van der Waals surface area contributed by atoms with Crippen LogP contribution in [0.25, 0.3) is 0 Å². The number of hydrogen-bond donors (Lipinski definition) is 2. The summed E-state index contributed by atoms with van der Waals surface area (Å²) in [6.07, 6.45) is 1.74. The maximum atomic E-state index is 13.1. The number of amides is 4. The average Bonchev–Trinajstić information content (AvgIpc) is 3.05. The van der Waals surface area contributed by atoms with Crippen LogP contribution in [0.4, 0.5) is 4.79 Å². The fourth-order valence-corrected chi connectivity index (χ4v) is 3.89. The van der Waals surface area contributed by atoms with Crippen molar-refractivity contribution < 1.29 is 23.9 Å². The Morgan fingerprint density at radius 2 is 1.66 bits per heavy atom. The van der Waals surface area contributed by atoms with Gasteiger partial charge in [-0.05, 0) is 56.9 Å². The number of carbonyl (C=O) groups excluding carboxylic acids is 3. The number of benzene rings is 2. The van der Waals surface area contributed by atoms with Crippen LogP contribution in [0.15, 0.2) is 42.5 Å². The summed E-state index contributed by atoms with van der Waals surface area (Å²) in [4.78, 5) is 39.4. The highest BCUT2D eigenvalue weighted by Gasteiger charge is 2.49. The summed E-state index contributed by atoms with van der Waals surface area (Å²) in [6.45, 7) is 10.3. The lowest BCUT2D eigenvalue weighted by Crippen LogP contribution is -2.43. The van der Waals surface area contributed by atoms with E-state index in [9.17, 15) is 14.4 Å². The molecule has 2 aromatic carbocycles. The van der Waals surface area contributed by atoms with Crippen molar-refractivity contribution in [3.05, 3.63) is 59.2 Å². The number of hydrogen-bond acceptors (Lipinski definition) is 5. The molecule has 1 aliphatic rings. The Bertz CT molecular complexity index is 1070. The van der Waals surface area contributed by atoms with E-state index in [0.29, 0.717) is 30.3 Å². The van der Waals surface area contributed by atoms with Crippen molar-refractivity contribution in [1.29, 1.82) is 0 Å². The molecule has 35 heavy (non-hydrogen) atoms. The van der Waals surface area contributed by atoms with Gasteiger partial charge in [-0.25, -0.2) is 4.79 Å². The van der Waals surface area contributed by atoms with E-state index in [-0.39, 0.29) is 12.6 Å². The van der Waals surface area contributed by atoms with Crippen molar-refractivity contribution >= 4 is 17.8 Å². The summed E-state index contributed by atoms with van der Waals surface area (Å²) in [5, 5.41) is 5.61. The van der Waals surface area contributed by atoms with Gasteiger partial charge in [0.25, 0.3) is 5.91 Å². The van der Waals surface area contributed by atoms with E-state index in [0.717, 1.165) is 28.9 Å². The number of aryl methyl sites for hydroxylation is 1. The fraction of sp³-hybridized carbons (Fsp3) is 0.444. The van der Waals surface area contributed by atoms with Gasteiger partial charge in [0.05, 0.1) is 19.3 Å². The zero-order chi connectivity index (χ0) is 25.6. The second-order valence-electron chi connectivity index (χ2n) is 9.00. The molecular formula is C27H35N3O5. The third-order valence-electron chi connectivity index (χ3n) is 5.97. The highest BCUT2D eigenvalue weighted by Crippen LogP contribution is 2.32. The summed E-state index contributed by atoms with van der Waals surface area (Å²) >= 11 is 0. The minimum absolute atomic E-state index is 0.365. The molecule has 0 aliphatic carbocycles. The molecule has 0 saturated carbocycles. The molecule has 4 amide bonds. The molecular weight excluding hydrogens is 446 g/mol. The molecule has 1 aliphatic heterocycles. The van der Waals surface area contributed by atoms with Crippen LogP contribution in [-0.4, -0.2) is 42.5 Å². The predicted molar refractivity (Wildman–Crippen MR) is 133 cm³/mol. The SMILES string of the molecule is CCCOc1ccc(C(C)NC(=O)CN2C(=O)NC(C)(c3ccc(C)cc3)C2=O)cc1OCCC. The van der Waals surface area contributed by atoms with Crippen LogP contribution >= 0.6 is 0 Å². The van der Waals surface area contributed by atoms with Crippen molar-refractivity contribution in [2.45, 2.75) is 59.0 Å². The molecule has 0 spiro atoms. The van der Waals surface area contributed by atoms with Gasteiger partial charge < -0.3 is 20.1 Å². The van der Waals surface area contributed by atoms with E-state index in [4.69, 9.17) is 9.47 Å². The first-order valence-electron chi connectivity index (χ1n) is 12.1. The minimum atomic E-state index is -1.21. The van der Waals surface area contributed by atoms with E-state index in [1.54, 1.807) is 6.92 Å². The van der Waals surface area contributed by atoms with Crippen LogP contribution < -0.4 is 20.1 Å². The fourth-order valence-electron chi connectivity index (χ4n) is 3.89. The van der Waals surface area contributed by atoms with Gasteiger partial charge in [0, 0.05) is 0 Å². The quantitative estimate of drug-likeness (QED) is 0.469. The molecule has 3 rings (SSSR count). The van der Waals surface area contributed by atoms with Crippen LogP contribution in [0.1, 0.15) is 63.3 Å². The van der Waals surface area contributed by atoms with Crippen LogP contribution in [0.3, 0.4) is 0 Å². The van der Waals surface area contributed by atoms with E-state index >= 15 is 0 Å². The molecule has 0 aromatic heterocycles. The van der Waals surface area contributed by atoms with Crippen LogP contribution in [0.5, 0.6) is 11.5 Å². The molecule has 2 aromatic rings. The number of urea groups is 1. The van der Waals surface area contributed by atoms with Gasteiger partial charge in [-0.3, -0.25) is 14.5 Å². The molecule has 188 valence electrons. The highest BCUT2D eigenvalue weighted by atomic mass is 16.5. The number of carbonyl (C=O) groups is 3. The summed E-state index contributed by atoms with van der Waals surface area (Å²) in [5.41, 5.74) is 1.33. The van der Waals surface area contributed by atoms with Gasteiger partial charge >= 0.3 is 6.03 Å². The summed E-state index contributed by atoms with van der Waals surface area (Å²) in [5.74, 6) is 0.400. The Kier molecular flexibility index (Phi) is 8.38. The second kappa shape index (κ2) is 11.3. The van der Waals surface area contributed by atoms with Crippen molar-refractivity contribution in [2.75, 3.05) is 19.8 Å². The Hall–Kier alpha value is -3.55. The molecule has 1 saturated heterocycles. The van der Waals surface area contributed by atoms with Crippen molar-refractivity contribution in [1.82, 2.24) is 15.5 Å². The zero-order valence-corrected chi connectivity index (χ0v) is 21.1. The minimum Gasteiger partial charge on any atom is -0.490 e. The van der Waals surface area contributed by atoms with Crippen molar-refractivity contribution in [2.24, 2.45) is 0 Å². The monoisotopic (exact) mass is 481 g/mol. The number of imide groups is 1. The molecule has 0 radical (unpaired) electrons. The van der Waals surface area contributed by atoms with E-state index in [2.05, 4.69) is 10.6 Å². The van der Waals surface area contributed by atoms with E-state index in [1.807, 2.05) is 70.2 Å².